The smallest absolute Gasteiger partial charge is 0.0250 e. The van der Waals surface area contributed by atoms with Gasteiger partial charge in [0.1, 0.15) is 0 Å². The molecule has 1 aliphatic rings. The highest BCUT2D eigenvalue weighted by Gasteiger charge is 2.28. The van der Waals surface area contributed by atoms with E-state index >= 15 is 0 Å². The van der Waals surface area contributed by atoms with Crippen LogP contribution in [0.25, 0.3) is 0 Å². The Bertz CT molecular complexity index is 420. The fourth-order valence-corrected chi connectivity index (χ4v) is 3.10. The van der Waals surface area contributed by atoms with E-state index in [1.807, 2.05) is 0 Å². The van der Waals surface area contributed by atoms with Crippen molar-refractivity contribution in [2.75, 3.05) is 0 Å². The largest absolute Gasteiger partial charge is 0.0622 e. The zero-order valence-corrected chi connectivity index (χ0v) is 10.8. The third kappa shape index (κ3) is 2.81. The Hall–Kier alpha value is -1.56. The quantitative estimate of drug-likeness (QED) is 0.733. The molecule has 2 aromatic carbocycles. The minimum absolute atomic E-state index is 0.918. The number of hydrogen-bond acceptors (Lipinski definition) is 0. The van der Waals surface area contributed by atoms with Crippen molar-refractivity contribution in [3.05, 3.63) is 71.8 Å². The lowest BCUT2D eigenvalue weighted by Crippen LogP contribution is -2.27. The topological polar surface area (TPSA) is 0 Å². The van der Waals surface area contributed by atoms with Crippen molar-refractivity contribution in [1.29, 1.82) is 0 Å². The van der Waals surface area contributed by atoms with Gasteiger partial charge in [-0.2, -0.15) is 0 Å². The van der Waals surface area contributed by atoms with E-state index in [0.717, 1.165) is 11.8 Å². The first-order valence-corrected chi connectivity index (χ1v) is 6.98. The van der Waals surface area contributed by atoms with Crippen LogP contribution in [0.2, 0.25) is 0 Å². The Morgan fingerprint density at radius 3 is 1.39 bits per heavy atom. The summed E-state index contributed by atoms with van der Waals surface area (Å²) in [5.41, 5.74) is 3.00. The minimum Gasteiger partial charge on any atom is -0.0622 e. The van der Waals surface area contributed by atoms with Crippen LogP contribution in [0.4, 0.5) is 0 Å². The van der Waals surface area contributed by atoms with Crippen LogP contribution in [0.5, 0.6) is 0 Å². The normalized spacial score (nSPS) is 22.4. The van der Waals surface area contributed by atoms with Gasteiger partial charge in [-0.1, -0.05) is 60.7 Å². The zero-order chi connectivity index (χ0) is 12.2. The van der Waals surface area contributed by atoms with Crippen LogP contribution >= 0.6 is 0 Å². The van der Waals surface area contributed by atoms with Crippen LogP contribution in [0.1, 0.15) is 24.0 Å². The van der Waals surface area contributed by atoms with Crippen LogP contribution < -0.4 is 0 Å². The molecule has 3 rings (SSSR count). The van der Waals surface area contributed by atoms with Gasteiger partial charge in [-0.3, -0.25) is 0 Å². The van der Waals surface area contributed by atoms with Crippen molar-refractivity contribution in [3.63, 3.8) is 0 Å². The first-order valence-electron chi connectivity index (χ1n) is 6.98. The second-order valence-corrected chi connectivity index (χ2v) is 5.58. The molecule has 0 atom stereocenters. The van der Waals surface area contributed by atoms with Gasteiger partial charge in [0, 0.05) is 0 Å². The second kappa shape index (κ2) is 5.39. The molecular weight excluding hydrogens is 216 g/mol. The van der Waals surface area contributed by atoms with Crippen LogP contribution in [0, 0.1) is 11.8 Å². The molecule has 0 spiro atoms. The van der Waals surface area contributed by atoms with Gasteiger partial charge in [0.25, 0.3) is 0 Å². The molecule has 1 aliphatic carbocycles. The lowest BCUT2D eigenvalue weighted by Gasteiger charge is -2.35. The molecule has 92 valence electrons. The summed E-state index contributed by atoms with van der Waals surface area (Å²) in [6, 6.07) is 21.8. The highest BCUT2D eigenvalue weighted by atomic mass is 14.3. The van der Waals surface area contributed by atoms with E-state index in [0.29, 0.717) is 0 Å². The van der Waals surface area contributed by atoms with Gasteiger partial charge in [-0.05, 0) is 48.6 Å². The third-order valence-corrected chi connectivity index (χ3v) is 4.07. The summed E-state index contributed by atoms with van der Waals surface area (Å²) in [5, 5.41) is 0. The molecule has 0 aromatic heterocycles. The summed E-state index contributed by atoms with van der Waals surface area (Å²) in [4.78, 5) is 0. The van der Waals surface area contributed by atoms with Crippen molar-refractivity contribution in [3.8, 4) is 0 Å². The Balaban J connectivity index is 1.46. The average molecular weight is 236 g/mol. The van der Waals surface area contributed by atoms with Gasteiger partial charge in [-0.15, -0.1) is 0 Å². The third-order valence-electron chi connectivity index (χ3n) is 4.07. The Kier molecular flexibility index (Phi) is 3.45. The summed E-state index contributed by atoms with van der Waals surface area (Å²) in [5.74, 6) is 1.84. The van der Waals surface area contributed by atoms with Gasteiger partial charge in [0.2, 0.25) is 0 Å². The molecular formula is C18H20. The molecule has 1 fully saturated rings. The van der Waals surface area contributed by atoms with Crippen molar-refractivity contribution in [1.82, 2.24) is 0 Å². The maximum atomic E-state index is 2.25. The monoisotopic (exact) mass is 236 g/mol. The maximum Gasteiger partial charge on any atom is -0.0250 e. The fraction of sp³-hybridized carbons (Fsp3) is 0.333. The molecule has 0 nitrogen and oxygen atoms in total. The number of benzene rings is 2. The second-order valence-electron chi connectivity index (χ2n) is 5.58. The molecule has 0 amide bonds. The van der Waals surface area contributed by atoms with Crippen LogP contribution in [0.3, 0.4) is 0 Å². The van der Waals surface area contributed by atoms with E-state index in [1.54, 1.807) is 0 Å². The van der Waals surface area contributed by atoms with E-state index in [9.17, 15) is 0 Å². The Morgan fingerprint density at radius 2 is 1.00 bits per heavy atom. The van der Waals surface area contributed by atoms with Crippen LogP contribution in [0.15, 0.2) is 60.7 Å². The molecule has 0 bridgehead atoms. The molecule has 0 aliphatic heterocycles. The van der Waals surface area contributed by atoms with Crippen molar-refractivity contribution in [2.24, 2.45) is 11.8 Å². The zero-order valence-electron chi connectivity index (χ0n) is 10.8. The van der Waals surface area contributed by atoms with E-state index in [1.165, 1.54) is 36.8 Å². The predicted octanol–water partition coefficient (Wildman–Crippen LogP) is 4.50. The highest BCUT2D eigenvalue weighted by Crippen LogP contribution is 2.38. The number of rotatable bonds is 4. The van der Waals surface area contributed by atoms with Gasteiger partial charge in [-0.25, -0.2) is 0 Å². The standard InChI is InChI=1S/C18H20/c1-3-7-15(8-4-1)11-17-13-18(14-17)12-16-9-5-2-6-10-16/h1-10,17-18H,11-14H2. The lowest BCUT2D eigenvalue weighted by molar-refractivity contribution is 0.192. The molecule has 0 saturated heterocycles. The number of hydrogen-bond donors (Lipinski definition) is 0. The molecule has 0 heterocycles. The van der Waals surface area contributed by atoms with Gasteiger partial charge in [0.15, 0.2) is 0 Å². The Morgan fingerprint density at radius 1 is 0.611 bits per heavy atom. The summed E-state index contributed by atoms with van der Waals surface area (Å²) in [6.07, 6.45) is 5.35. The van der Waals surface area contributed by atoms with E-state index < -0.39 is 0 Å². The summed E-state index contributed by atoms with van der Waals surface area (Å²) < 4.78 is 0. The fourth-order valence-electron chi connectivity index (χ4n) is 3.10. The van der Waals surface area contributed by atoms with Gasteiger partial charge >= 0.3 is 0 Å². The lowest BCUT2D eigenvalue weighted by atomic mass is 9.70. The molecule has 2 aromatic rings. The van der Waals surface area contributed by atoms with E-state index in [2.05, 4.69) is 60.7 Å². The minimum atomic E-state index is 0.918. The van der Waals surface area contributed by atoms with Gasteiger partial charge in [0.05, 0.1) is 0 Å². The highest BCUT2D eigenvalue weighted by molar-refractivity contribution is 5.18. The maximum absolute atomic E-state index is 2.25. The predicted molar refractivity (Wildman–Crippen MR) is 76.5 cm³/mol. The molecule has 18 heavy (non-hydrogen) atoms. The summed E-state index contributed by atoms with van der Waals surface area (Å²) >= 11 is 0. The van der Waals surface area contributed by atoms with Gasteiger partial charge < -0.3 is 0 Å². The molecule has 1 saturated carbocycles. The van der Waals surface area contributed by atoms with E-state index in [4.69, 9.17) is 0 Å². The summed E-state index contributed by atoms with van der Waals surface area (Å²) in [6.45, 7) is 0. The molecule has 0 heteroatoms. The first kappa shape index (κ1) is 11.5. The Labute approximate surface area is 110 Å². The molecule has 0 radical (unpaired) electrons. The molecule has 0 N–H and O–H groups in total. The van der Waals surface area contributed by atoms with Crippen molar-refractivity contribution < 1.29 is 0 Å². The SMILES string of the molecule is c1ccc(CC2CC(Cc3ccccc3)C2)cc1. The first-order chi connectivity index (χ1) is 8.90. The van der Waals surface area contributed by atoms with Crippen LogP contribution in [-0.4, -0.2) is 0 Å². The van der Waals surface area contributed by atoms with Crippen molar-refractivity contribution in [2.45, 2.75) is 25.7 Å². The average Bonchev–Trinajstić information content (AvgIpc) is 2.39. The van der Waals surface area contributed by atoms with E-state index in [-0.39, 0.29) is 0 Å². The summed E-state index contributed by atoms with van der Waals surface area (Å²) in [7, 11) is 0. The van der Waals surface area contributed by atoms with Crippen LogP contribution in [-0.2, 0) is 12.8 Å². The molecule has 0 unspecified atom stereocenters. The van der Waals surface area contributed by atoms with Crippen molar-refractivity contribution >= 4 is 0 Å².